The van der Waals surface area contributed by atoms with E-state index in [1.165, 1.54) is 16.9 Å². The van der Waals surface area contributed by atoms with Gasteiger partial charge in [-0.2, -0.15) is 0 Å². The number of rotatable bonds is 7. The van der Waals surface area contributed by atoms with Gasteiger partial charge in [0.05, 0.1) is 6.61 Å². The highest BCUT2D eigenvalue weighted by Crippen LogP contribution is 2.21. The number of methoxy groups -OCH3 is 1. The van der Waals surface area contributed by atoms with Crippen LogP contribution in [0.1, 0.15) is 26.6 Å². The van der Waals surface area contributed by atoms with Crippen molar-refractivity contribution in [3.63, 3.8) is 0 Å². The van der Waals surface area contributed by atoms with Gasteiger partial charge < -0.3 is 14.8 Å². The maximum atomic E-state index is 11.8. The third-order valence-electron chi connectivity index (χ3n) is 3.06. The molecular weight excluding hydrogens is 300 g/mol. The Morgan fingerprint density at radius 2 is 2.18 bits per heavy atom. The zero-order chi connectivity index (χ0) is 15.9. The van der Waals surface area contributed by atoms with Crippen molar-refractivity contribution in [2.75, 3.05) is 20.3 Å². The zero-order valence-corrected chi connectivity index (χ0v) is 13.8. The van der Waals surface area contributed by atoms with E-state index in [4.69, 9.17) is 9.47 Å². The van der Waals surface area contributed by atoms with Gasteiger partial charge in [-0.15, -0.1) is 11.3 Å². The number of aryl methyl sites for hydroxylation is 2. The highest BCUT2D eigenvalue weighted by Gasteiger charge is 2.11. The number of aromatic nitrogens is 1. The van der Waals surface area contributed by atoms with Gasteiger partial charge in [0.15, 0.2) is 0 Å². The Kier molecular flexibility index (Phi) is 5.91. The molecule has 6 heteroatoms. The number of nitrogens with zero attached hydrogens (tertiary/aromatic N) is 1. The van der Waals surface area contributed by atoms with Crippen molar-refractivity contribution >= 4 is 17.2 Å². The van der Waals surface area contributed by atoms with Gasteiger partial charge in [0, 0.05) is 19.0 Å². The molecule has 1 N–H and O–H groups in total. The average Bonchev–Trinajstić information content (AvgIpc) is 2.95. The number of amides is 1. The predicted octanol–water partition coefficient (Wildman–Crippen LogP) is 2.72. The molecule has 1 aromatic heterocycles. The van der Waals surface area contributed by atoms with Gasteiger partial charge in [0.25, 0.3) is 5.91 Å². The van der Waals surface area contributed by atoms with Gasteiger partial charge in [0.1, 0.15) is 23.1 Å². The molecule has 0 aliphatic heterocycles. The molecule has 2 rings (SSSR count). The lowest BCUT2D eigenvalue weighted by Gasteiger charge is -2.08. The highest BCUT2D eigenvalue weighted by molar-refractivity contribution is 7.09. The molecule has 0 saturated carbocycles. The number of hydrogen-bond acceptors (Lipinski definition) is 5. The number of carbonyl (C=O) groups is 1. The molecule has 0 aliphatic carbocycles. The van der Waals surface area contributed by atoms with Crippen molar-refractivity contribution in [1.82, 2.24) is 10.3 Å². The Bertz CT molecular complexity index is 640. The maximum absolute atomic E-state index is 11.8. The van der Waals surface area contributed by atoms with Crippen LogP contribution < -0.4 is 10.1 Å². The third kappa shape index (κ3) is 4.54. The van der Waals surface area contributed by atoms with Crippen molar-refractivity contribution < 1.29 is 14.3 Å². The van der Waals surface area contributed by atoms with E-state index in [1.54, 1.807) is 12.5 Å². The molecule has 0 radical (unpaired) electrons. The molecule has 2 aromatic rings. The van der Waals surface area contributed by atoms with Crippen LogP contribution >= 0.6 is 11.3 Å². The summed E-state index contributed by atoms with van der Waals surface area (Å²) >= 11 is 1.42. The van der Waals surface area contributed by atoms with Gasteiger partial charge in [-0.3, -0.25) is 4.79 Å². The minimum Gasteiger partial charge on any atom is -0.486 e. The lowest BCUT2D eigenvalue weighted by molar-refractivity contribution is 0.0932. The van der Waals surface area contributed by atoms with Crippen molar-refractivity contribution in [1.29, 1.82) is 0 Å². The molecule has 0 unspecified atom stereocenters. The molecule has 0 bridgehead atoms. The summed E-state index contributed by atoms with van der Waals surface area (Å²) in [6, 6.07) is 6.04. The van der Waals surface area contributed by atoms with E-state index in [0.29, 0.717) is 25.5 Å². The van der Waals surface area contributed by atoms with E-state index < -0.39 is 0 Å². The normalized spacial score (nSPS) is 10.5. The van der Waals surface area contributed by atoms with Crippen LogP contribution in [-0.4, -0.2) is 31.2 Å². The topological polar surface area (TPSA) is 60.5 Å². The fraction of sp³-hybridized carbons (Fsp3) is 0.375. The number of benzene rings is 1. The second-order valence-corrected chi connectivity index (χ2v) is 5.88. The first kappa shape index (κ1) is 16.5. The second kappa shape index (κ2) is 7.91. The molecule has 1 aromatic carbocycles. The van der Waals surface area contributed by atoms with Crippen molar-refractivity contribution in [3.05, 3.63) is 45.4 Å². The number of carbonyl (C=O) groups excluding carboxylic acids is 1. The molecule has 1 heterocycles. The van der Waals surface area contributed by atoms with Crippen molar-refractivity contribution in [2.45, 2.75) is 20.5 Å². The summed E-state index contributed by atoms with van der Waals surface area (Å²) in [6.45, 7) is 5.38. The Morgan fingerprint density at radius 1 is 1.36 bits per heavy atom. The van der Waals surface area contributed by atoms with Crippen LogP contribution in [0.15, 0.2) is 23.6 Å². The summed E-state index contributed by atoms with van der Waals surface area (Å²) in [6.07, 6.45) is 0. The minimum atomic E-state index is -0.189. The van der Waals surface area contributed by atoms with Crippen LogP contribution in [0.25, 0.3) is 0 Å². The number of nitrogens with one attached hydrogen (secondary N) is 1. The second-order valence-electron chi connectivity index (χ2n) is 4.93. The van der Waals surface area contributed by atoms with Crippen LogP contribution in [0.2, 0.25) is 0 Å². The van der Waals surface area contributed by atoms with E-state index in [2.05, 4.69) is 16.4 Å². The molecule has 1 amide bonds. The Labute approximate surface area is 134 Å². The fourth-order valence-corrected chi connectivity index (χ4v) is 2.62. The molecule has 0 saturated heterocycles. The summed E-state index contributed by atoms with van der Waals surface area (Å²) in [5, 5.41) is 5.26. The molecule has 0 atom stereocenters. The van der Waals surface area contributed by atoms with E-state index in [9.17, 15) is 4.79 Å². The van der Waals surface area contributed by atoms with Crippen LogP contribution in [0.5, 0.6) is 5.75 Å². The number of ether oxygens (including phenoxy) is 2. The monoisotopic (exact) mass is 320 g/mol. The summed E-state index contributed by atoms with van der Waals surface area (Å²) < 4.78 is 10.7. The standard InChI is InChI=1S/C16H20N2O3S/c1-11-4-5-14(12(2)8-11)21-9-15-18-13(10-22-15)16(19)17-6-7-20-3/h4-5,8,10H,6-7,9H2,1-3H3,(H,17,19). The Morgan fingerprint density at radius 3 is 2.91 bits per heavy atom. The SMILES string of the molecule is COCCNC(=O)c1csc(COc2ccc(C)cc2C)n1. The molecule has 0 spiro atoms. The van der Waals surface area contributed by atoms with Gasteiger partial charge in [-0.05, 0) is 25.5 Å². The van der Waals surface area contributed by atoms with E-state index >= 15 is 0 Å². The minimum absolute atomic E-state index is 0.189. The third-order valence-corrected chi connectivity index (χ3v) is 3.88. The van der Waals surface area contributed by atoms with E-state index in [0.717, 1.165) is 16.3 Å². The highest BCUT2D eigenvalue weighted by atomic mass is 32.1. The van der Waals surface area contributed by atoms with Crippen molar-refractivity contribution in [3.8, 4) is 5.75 Å². The smallest absolute Gasteiger partial charge is 0.270 e. The molecular formula is C16H20N2O3S. The maximum Gasteiger partial charge on any atom is 0.270 e. The zero-order valence-electron chi connectivity index (χ0n) is 13.0. The summed E-state index contributed by atoms with van der Waals surface area (Å²) in [5.74, 6) is 0.651. The molecule has 0 aliphatic rings. The molecule has 5 nitrogen and oxygen atoms in total. The predicted molar refractivity (Wildman–Crippen MR) is 86.6 cm³/mol. The number of thiazole rings is 1. The first-order chi connectivity index (χ1) is 10.6. The molecule has 0 fully saturated rings. The van der Waals surface area contributed by atoms with E-state index in [-0.39, 0.29) is 5.91 Å². The number of hydrogen-bond donors (Lipinski definition) is 1. The summed E-state index contributed by atoms with van der Waals surface area (Å²) in [5.41, 5.74) is 2.71. The lowest BCUT2D eigenvalue weighted by atomic mass is 10.1. The summed E-state index contributed by atoms with van der Waals surface area (Å²) in [4.78, 5) is 16.1. The first-order valence-corrected chi connectivity index (χ1v) is 7.89. The van der Waals surface area contributed by atoms with Crippen LogP contribution in [-0.2, 0) is 11.3 Å². The largest absolute Gasteiger partial charge is 0.486 e. The Balaban J connectivity index is 1.90. The fourth-order valence-electron chi connectivity index (χ4n) is 1.94. The van der Waals surface area contributed by atoms with Gasteiger partial charge in [0.2, 0.25) is 0 Å². The Hall–Kier alpha value is -1.92. The van der Waals surface area contributed by atoms with Gasteiger partial charge >= 0.3 is 0 Å². The van der Waals surface area contributed by atoms with E-state index in [1.807, 2.05) is 26.0 Å². The van der Waals surface area contributed by atoms with Crippen molar-refractivity contribution in [2.24, 2.45) is 0 Å². The quantitative estimate of drug-likeness (QED) is 0.797. The van der Waals surface area contributed by atoms with Crippen LogP contribution in [0, 0.1) is 13.8 Å². The lowest BCUT2D eigenvalue weighted by Crippen LogP contribution is -2.27. The van der Waals surface area contributed by atoms with Gasteiger partial charge in [-0.1, -0.05) is 17.7 Å². The molecule has 118 valence electrons. The van der Waals surface area contributed by atoms with Crippen LogP contribution in [0.4, 0.5) is 0 Å². The average molecular weight is 320 g/mol. The first-order valence-electron chi connectivity index (χ1n) is 7.01. The van der Waals surface area contributed by atoms with Crippen LogP contribution in [0.3, 0.4) is 0 Å². The summed E-state index contributed by atoms with van der Waals surface area (Å²) in [7, 11) is 1.59. The van der Waals surface area contributed by atoms with Gasteiger partial charge in [-0.25, -0.2) is 4.98 Å². The molecule has 22 heavy (non-hydrogen) atoms.